The Morgan fingerprint density at radius 3 is 2.42 bits per heavy atom. The molecule has 0 saturated heterocycles. The number of aromatic nitrogens is 2. The number of carbonyl (C=O) groups excluding carboxylic acids is 1. The van der Waals surface area contributed by atoms with Crippen molar-refractivity contribution in [2.75, 3.05) is 13.7 Å². The van der Waals surface area contributed by atoms with Gasteiger partial charge >= 0.3 is 6.18 Å². The highest BCUT2D eigenvalue weighted by molar-refractivity contribution is 5.98. The highest BCUT2D eigenvalue weighted by Crippen LogP contribution is 2.37. The molecule has 2 heterocycles. The highest BCUT2D eigenvalue weighted by atomic mass is 19.4. The van der Waals surface area contributed by atoms with Crippen molar-refractivity contribution in [3.05, 3.63) is 76.8 Å². The van der Waals surface area contributed by atoms with E-state index < -0.39 is 11.9 Å². The lowest BCUT2D eigenvalue weighted by molar-refractivity contribution is -0.140. The second kappa shape index (κ2) is 9.98. The number of ether oxygens (including phenoxy) is 1. The molecule has 2 N–H and O–H groups in total. The molecular weight excluding hydrogens is 473 g/mol. The molecular formula is C26H25F3N4O3. The number of amides is 1. The van der Waals surface area contributed by atoms with Crippen LogP contribution in [-0.4, -0.2) is 34.4 Å². The molecule has 7 nitrogen and oxygen atoms in total. The molecule has 188 valence electrons. The molecule has 2 aromatic heterocycles. The second-order valence-electron chi connectivity index (χ2n) is 8.21. The summed E-state index contributed by atoms with van der Waals surface area (Å²) in [6, 6.07) is 13.1. The lowest BCUT2D eigenvalue weighted by Gasteiger charge is -2.20. The van der Waals surface area contributed by atoms with Gasteiger partial charge in [-0.3, -0.25) is 4.79 Å². The Labute approximate surface area is 205 Å². The Morgan fingerprint density at radius 1 is 1.08 bits per heavy atom. The summed E-state index contributed by atoms with van der Waals surface area (Å²) in [6.45, 7) is 4.56. The first kappa shape index (κ1) is 25.2. The standard InChI is InChI=1S/C26H25F3N4O3/c1-4-33(14-16-7-5-15(2)6-8-16)25(34)23-20(13-30)36-24(32-23)18-9-11-19(35-3)22-17(18)10-12-21(31-22)26(27,28)29/h5-12H,4,13-14,30H2,1-3H3. The molecule has 0 saturated carbocycles. The molecule has 0 fully saturated rings. The van der Waals surface area contributed by atoms with E-state index in [1.165, 1.54) is 19.2 Å². The van der Waals surface area contributed by atoms with Gasteiger partial charge in [-0.05, 0) is 43.7 Å². The number of nitrogens with zero attached hydrogens (tertiary/aromatic N) is 3. The predicted molar refractivity (Wildman–Crippen MR) is 128 cm³/mol. The number of hydrogen-bond donors (Lipinski definition) is 1. The van der Waals surface area contributed by atoms with Crippen LogP contribution in [0.5, 0.6) is 5.75 Å². The summed E-state index contributed by atoms with van der Waals surface area (Å²) in [7, 11) is 1.35. The van der Waals surface area contributed by atoms with Gasteiger partial charge in [-0.15, -0.1) is 0 Å². The predicted octanol–water partition coefficient (Wildman–Crippen LogP) is 5.35. The zero-order valence-corrected chi connectivity index (χ0v) is 20.0. The molecule has 1 amide bonds. The van der Waals surface area contributed by atoms with Crippen LogP contribution in [0.2, 0.25) is 0 Å². The molecule has 0 aliphatic heterocycles. The van der Waals surface area contributed by atoms with Crippen molar-refractivity contribution in [3.63, 3.8) is 0 Å². The fraction of sp³-hybridized carbons (Fsp3) is 0.269. The molecule has 4 rings (SSSR count). The maximum absolute atomic E-state index is 13.4. The summed E-state index contributed by atoms with van der Waals surface area (Å²) in [5.41, 5.74) is 7.30. The van der Waals surface area contributed by atoms with E-state index >= 15 is 0 Å². The summed E-state index contributed by atoms with van der Waals surface area (Å²) in [5.74, 6) is 0.0430. The van der Waals surface area contributed by atoms with E-state index in [2.05, 4.69) is 9.97 Å². The zero-order chi connectivity index (χ0) is 26.0. The summed E-state index contributed by atoms with van der Waals surface area (Å²) >= 11 is 0. The number of oxazole rings is 1. The van der Waals surface area contributed by atoms with E-state index in [-0.39, 0.29) is 41.1 Å². The summed E-state index contributed by atoms with van der Waals surface area (Å²) in [4.78, 5) is 23.2. The number of rotatable bonds is 7. The molecule has 36 heavy (non-hydrogen) atoms. The minimum absolute atomic E-state index is 0.000226. The lowest BCUT2D eigenvalue weighted by atomic mass is 10.1. The first-order chi connectivity index (χ1) is 17.2. The Hall–Kier alpha value is -3.92. The topological polar surface area (TPSA) is 94.5 Å². The van der Waals surface area contributed by atoms with E-state index in [0.29, 0.717) is 24.0 Å². The number of pyridine rings is 1. The molecule has 0 aliphatic rings. The maximum Gasteiger partial charge on any atom is 0.433 e. The SMILES string of the molecule is CCN(Cc1ccc(C)cc1)C(=O)c1nc(-c2ccc(OC)c3nc(C(F)(F)F)ccc23)oc1CN. The average molecular weight is 499 g/mol. The van der Waals surface area contributed by atoms with Crippen LogP contribution < -0.4 is 10.5 Å². The number of halogens is 3. The first-order valence-corrected chi connectivity index (χ1v) is 11.3. The van der Waals surface area contributed by atoms with Gasteiger partial charge in [0, 0.05) is 24.0 Å². The Kier molecular flexibility index (Phi) is 6.98. The molecule has 0 spiro atoms. The van der Waals surface area contributed by atoms with E-state index in [1.54, 1.807) is 11.0 Å². The van der Waals surface area contributed by atoms with E-state index in [0.717, 1.165) is 17.2 Å². The van der Waals surface area contributed by atoms with Crippen LogP contribution in [0, 0.1) is 6.92 Å². The van der Waals surface area contributed by atoms with Crippen molar-refractivity contribution in [2.45, 2.75) is 33.1 Å². The van der Waals surface area contributed by atoms with Crippen LogP contribution >= 0.6 is 0 Å². The minimum Gasteiger partial charge on any atom is -0.494 e. The number of carbonyl (C=O) groups is 1. The van der Waals surface area contributed by atoms with Crippen molar-refractivity contribution in [1.82, 2.24) is 14.9 Å². The van der Waals surface area contributed by atoms with E-state index in [9.17, 15) is 18.0 Å². The molecule has 4 aromatic rings. The van der Waals surface area contributed by atoms with Crippen molar-refractivity contribution >= 4 is 16.8 Å². The van der Waals surface area contributed by atoms with Gasteiger partial charge in [0.25, 0.3) is 5.91 Å². The van der Waals surface area contributed by atoms with Gasteiger partial charge in [0.15, 0.2) is 11.5 Å². The van der Waals surface area contributed by atoms with Crippen molar-refractivity contribution in [2.24, 2.45) is 5.73 Å². The summed E-state index contributed by atoms with van der Waals surface area (Å²) < 4.78 is 50.8. The number of nitrogens with two attached hydrogens (primary N) is 1. The fourth-order valence-corrected chi connectivity index (χ4v) is 3.86. The van der Waals surface area contributed by atoms with Crippen LogP contribution in [0.4, 0.5) is 13.2 Å². The highest BCUT2D eigenvalue weighted by Gasteiger charge is 2.33. The van der Waals surface area contributed by atoms with Gasteiger partial charge in [-0.25, -0.2) is 9.97 Å². The Bertz CT molecular complexity index is 1400. The molecule has 2 aromatic carbocycles. The van der Waals surface area contributed by atoms with Gasteiger partial charge in [-0.2, -0.15) is 13.2 Å². The monoisotopic (exact) mass is 498 g/mol. The van der Waals surface area contributed by atoms with Crippen LogP contribution in [0.3, 0.4) is 0 Å². The minimum atomic E-state index is -4.62. The second-order valence-corrected chi connectivity index (χ2v) is 8.21. The van der Waals surface area contributed by atoms with E-state index in [1.807, 2.05) is 38.1 Å². The van der Waals surface area contributed by atoms with Crippen LogP contribution in [0.1, 0.15) is 40.0 Å². The van der Waals surface area contributed by atoms with Crippen molar-refractivity contribution < 1.29 is 27.1 Å². The molecule has 0 aliphatic carbocycles. The van der Waals surface area contributed by atoms with Gasteiger partial charge in [0.2, 0.25) is 5.89 Å². The lowest BCUT2D eigenvalue weighted by Crippen LogP contribution is -2.31. The summed E-state index contributed by atoms with van der Waals surface area (Å²) in [5, 5.41) is 0.332. The number of fused-ring (bicyclic) bond motifs is 1. The van der Waals surface area contributed by atoms with Gasteiger partial charge in [0.1, 0.15) is 17.0 Å². The Morgan fingerprint density at radius 2 is 1.81 bits per heavy atom. The summed E-state index contributed by atoms with van der Waals surface area (Å²) in [6.07, 6.45) is -4.62. The zero-order valence-electron chi connectivity index (χ0n) is 20.0. The molecule has 0 atom stereocenters. The van der Waals surface area contributed by atoms with Gasteiger partial charge < -0.3 is 19.8 Å². The van der Waals surface area contributed by atoms with Crippen molar-refractivity contribution in [1.29, 1.82) is 0 Å². The molecule has 0 radical (unpaired) electrons. The van der Waals surface area contributed by atoms with E-state index in [4.69, 9.17) is 14.9 Å². The van der Waals surface area contributed by atoms with Crippen LogP contribution in [-0.2, 0) is 19.3 Å². The third-order valence-electron chi connectivity index (χ3n) is 5.81. The average Bonchev–Trinajstić information content (AvgIpc) is 3.30. The normalized spacial score (nSPS) is 11.6. The Balaban J connectivity index is 1.75. The largest absolute Gasteiger partial charge is 0.494 e. The third-order valence-corrected chi connectivity index (χ3v) is 5.81. The van der Waals surface area contributed by atoms with Gasteiger partial charge in [0.05, 0.1) is 13.7 Å². The number of benzene rings is 2. The van der Waals surface area contributed by atoms with Gasteiger partial charge in [-0.1, -0.05) is 29.8 Å². The molecule has 0 bridgehead atoms. The number of alkyl halides is 3. The number of aryl methyl sites for hydroxylation is 1. The number of hydrogen-bond acceptors (Lipinski definition) is 6. The first-order valence-electron chi connectivity index (χ1n) is 11.3. The van der Waals surface area contributed by atoms with Crippen LogP contribution in [0.25, 0.3) is 22.4 Å². The molecule has 0 unspecified atom stereocenters. The third kappa shape index (κ3) is 4.90. The van der Waals surface area contributed by atoms with Crippen LogP contribution in [0.15, 0.2) is 52.9 Å². The number of methoxy groups -OCH3 is 1. The fourth-order valence-electron chi connectivity index (χ4n) is 3.86. The van der Waals surface area contributed by atoms with Crippen molar-refractivity contribution in [3.8, 4) is 17.2 Å². The quantitative estimate of drug-likeness (QED) is 0.369. The maximum atomic E-state index is 13.4. The smallest absolute Gasteiger partial charge is 0.433 e. The molecule has 10 heteroatoms.